The number of carbonyl (C=O) groups is 1. The lowest BCUT2D eigenvalue weighted by Gasteiger charge is -2.39. The average Bonchev–Trinajstić information content (AvgIpc) is 2.62. The third-order valence-corrected chi connectivity index (χ3v) is 6.48. The summed E-state index contributed by atoms with van der Waals surface area (Å²) in [6, 6.07) is 6.37. The number of benzene rings is 1. The van der Waals surface area contributed by atoms with E-state index in [1.807, 2.05) is 33.8 Å². The van der Waals surface area contributed by atoms with E-state index in [0.29, 0.717) is 6.42 Å². The minimum Gasteiger partial charge on any atom is -0.387 e. The summed E-state index contributed by atoms with van der Waals surface area (Å²) in [4.78, 5) is 12.0. The quantitative estimate of drug-likeness (QED) is 0.545. The molecule has 28 heavy (non-hydrogen) atoms. The molecule has 1 aromatic rings. The summed E-state index contributed by atoms with van der Waals surface area (Å²) in [5.41, 5.74) is 1.62. The summed E-state index contributed by atoms with van der Waals surface area (Å²) in [7, 11) is -3.98. The van der Waals surface area contributed by atoms with Gasteiger partial charge in [0.05, 0.1) is 17.1 Å². The van der Waals surface area contributed by atoms with Crippen molar-refractivity contribution in [1.29, 1.82) is 0 Å². The number of hydrogen-bond donors (Lipinski definition) is 1. The fourth-order valence-corrected chi connectivity index (χ4v) is 4.35. The molecule has 0 spiro atoms. The number of aliphatic hydroxyl groups is 1. The summed E-state index contributed by atoms with van der Waals surface area (Å²) in [6.45, 7) is 7.39. The fraction of sp³-hybridized carbons (Fsp3) is 0.500. The summed E-state index contributed by atoms with van der Waals surface area (Å²) < 4.78 is 30.2. The maximum atomic E-state index is 12.5. The van der Waals surface area contributed by atoms with Gasteiger partial charge in [0.2, 0.25) is 0 Å². The van der Waals surface area contributed by atoms with Crippen LogP contribution in [0.2, 0.25) is 0 Å². The first kappa shape index (κ1) is 22.5. The normalized spacial score (nSPS) is 23.5. The van der Waals surface area contributed by atoms with E-state index >= 15 is 0 Å². The Morgan fingerprint density at radius 3 is 2.46 bits per heavy atom. The number of rotatable bonds is 7. The van der Waals surface area contributed by atoms with Gasteiger partial charge in [0.1, 0.15) is 5.78 Å². The van der Waals surface area contributed by atoms with Crippen molar-refractivity contribution in [1.82, 2.24) is 0 Å². The van der Waals surface area contributed by atoms with E-state index in [4.69, 9.17) is 4.18 Å². The van der Waals surface area contributed by atoms with E-state index in [1.54, 1.807) is 12.1 Å². The van der Waals surface area contributed by atoms with E-state index < -0.39 is 21.6 Å². The second-order valence-electron chi connectivity index (χ2n) is 7.89. The van der Waals surface area contributed by atoms with Gasteiger partial charge in [0, 0.05) is 18.8 Å². The monoisotopic (exact) mass is 406 g/mol. The van der Waals surface area contributed by atoms with E-state index in [1.165, 1.54) is 17.7 Å². The van der Waals surface area contributed by atoms with Crippen molar-refractivity contribution in [3.05, 3.63) is 53.1 Å². The van der Waals surface area contributed by atoms with Gasteiger partial charge < -0.3 is 5.11 Å². The number of Topliss-reactive ketones (excluding diaryl/α,β-unsaturated/α-hetero) is 1. The van der Waals surface area contributed by atoms with Crippen LogP contribution >= 0.6 is 0 Å². The van der Waals surface area contributed by atoms with E-state index in [-0.39, 0.29) is 36.5 Å². The zero-order valence-corrected chi connectivity index (χ0v) is 17.9. The van der Waals surface area contributed by atoms with Crippen molar-refractivity contribution < 1.29 is 22.5 Å². The number of allylic oxidation sites excluding steroid dienone is 3. The molecule has 0 radical (unpaired) electrons. The van der Waals surface area contributed by atoms with E-state index in [2.05, 4.69) is 6.08 Å². The molecular weight excluding hydrogens is 376 g/mol. The SMILES string of the molecule is CC(C)=CC/C=C(\C)[C@H]1CC(=O)CC[C@]1(O)COS(=O)(=O)c1ccc(C)cc1. The van der Waals surface area contributed by atoms with Crippen molar-refractivity contribution >= 4 is 15.9 Å². The lowest BCUT2D eigenvalue weighted by Crippen LogP contribution is -2.48. The molecule has 1 saturated carbocycles. The van der Waals surface area contributed by atoms with Gasteiger partial charge in [0.15, 0.2) is 0 Å². The van der Waals surface area contributed by atoms with Crippen LogP contribution in [0.1, 0.15) is 52.0 Å². The van der Waals surface area contributed by atoms with Crippen molar-refractivity contribution in [3.63, 3.8) is 0 Å². The Labute approximate surface area is 168 Å². The molecule has 2 atom stereocenters. The van der Waals surface area contributed by atoms with Crippen LogP contribution in [-0.4, -0.2) is 31.5 Å². The topological polar surface area (TPSA) is 80.7 Å². The highest BCUT2D eigenvalue weighted by molar-refractivity contribution is 7.86. The molecule has 0 heterocycles. The smallest absolute Gasteiger partial charge is 0.297 e. The molecule has 1 fully saturated rings. The first-order valence-corrected chi connectivity index (χ1v) is 10.9. The van der Waals surface area contributed by atoms with Gasteiger partial charge in [-0.05, 0) is 52.7 Å². The molecule has 0 unspecified atom stereocenters. The van der Waals surface area contributed by atoms with Crippen LogP contribution in [0, 0.1) is 12.8 Å². The van der Waals surface area contributed by atoms with Crippen LogP contribution in [-0.2, 0) is 19.1 Å². The number of ketones is 1. The van der Waals surface area contributed by atoms with Gasteiger partial charge in [-0.25, -0.2) is 0 Å². The molecule has 2 rings (SSSR count). The number of aryl methyl sites for hydroxylation is 1. The molecule has 0 bridgehead atoms. The Bertz CT molecular complexity index is 861. The summed E-state index contributed by atoms with van der Waals surface area (Å²) in [6.07, 6.45) is 5.36. The van der Waals surface area contributed by atoms with E-state index in [9.17, 15) is 18.3 Å². The Balaban J connectivity index is 2.18. The van der Waals surface area contributed by atoms with Crippen LogP contribution in [0.15, 0.2) is 52.5 Å². The predicted octanol–water partition coefficient (Wildman–Crippen LogP) is 4.10. The van der Waals surface area contributed by atoms with E-state index in [0.717, 1.165) is 11.1 Å². The van der Waals surface area contributed by atoms with Gasteiger partial charge in [0.25, 0.3) is 10.1 Å². The summed E-state index contributed by atoms with van der Waals surface area (Å²) >= 11 is 0. The molecule has 0 saturated heterocycles. The largest absolute Gasteiger partial charge is 0.387 e. The number of carbonyl (C=O) groups excluding carboxylic acids is 1. The predicted molar refractivity (Wildman–Crippen MR) is 109 cm³/mol. The molecule has 0 aromatic heterocycles. The molecule has 0 aliphatic heterocycles. The van der Waals surface area contributed by atoms with Crippen molar-refractivity contribution in [2.24, 2.45) is 5.92 Å². The minimum absolute atomic E-state index is 0.0564. The molecule has 1 aliphatic rings. The third-order valence-electron chi connectivity index (χ3n) is 5.21. The lowest BCUT2D eigenvalue weighted by atomic mass is 9.72. The van der Waals surface area contributed by atoms with Gasteiger partial charge >= 0.3 is 0 Å². The van der Waals surface area contributed by atoms with Crippen LogP contribution in [0.3, 0.4) is 0 Å². The second kappa shape index (κ2) is 9.16. The zero-order valence-electron chi connectivity index (χ0n) is 17.1. The first-order valence-electron chi connectivity index (χ1n) is 9.54. The maximum absolute atomic E-state index is 12.5. The fourth-order valence-electron chi connectivity index (χ4n) is 3.38. The van der Waals surface area contributed by atoms with Gasteiger partial charge in [-0.1, -0.05) is 41.0 Å². The average molecular weight is 407 g/mol. The van der Waals surface area contributed by atoms with Crippen molar-refractivity contribution in [3.8, 4) is 0 Å². The Kier molecular flexibility index (Phi) is 7.37. The Morgan fingerprint density at radius 1 is 1.21 bits per heavy atom. The van der Waals surface area contributed by atoms with Crippen molar-refractivity contribution in [2.75, 3.05) is 6.61 Å². The highest BCUT2D eigenvalue weighted by Gasteiger charge is 2.43. The second-order valence-corrected chi connectivity index (χ2v) is 9.51. The highest BCUT2D eigenvalue weighted by atomic mass is 32.2. The molecule has 6 heteroatoms. The zero-order chi connectivity index (χ0) is 20.9. The lowest BCUT2D eigenvalue weighted by molar-refractivity contribution is -0.131. The van der Waals surface area contributed by atoms with Crippen LogP contribution in [0.4, 0.5) is 0 Å². The standard InChI is InChI=1S/C22H30O5S/c1-16(2)6-5-7-18(4)21-14-19(23)12-13-22(21,24)15-27-28(25,26)20-10-8-17(3)9-11-20/h6-11,21,24H,5,12-15H2,1-4H3/b18-7+/t21-,22+/m1/s1. The number of hydrogen-bond acceptors (Lipinski definition) is 5. The van der Waals surface area contributed by atoms with Crippen LogP contribution in [0.5, 0.6) is 0 Å². The van der Waals surface area contributed by atoms with Crippen LogP contribution in [0.25, 0.3) is 0 Å². The molecular formula is C22H30O5S. The molecule has 5 nitrogen and oxygen atoms in total. The first-order chi connectivity index (χ1) is 13.0. The summed E-state index contributed by atoms with van der Waals surface area (Å²) in [5.74, 6) is -0.376. The Morgan fingerprint density at radius 2 is 1.86 bits per heavy atom. The van der Waals surface area contributed by atoms with Crippen LogP contribution < -0.4 is 0 Å². The molecule has 1 N–H and O–H groups in total. The maximum Gasteiger partial charge on any atom is 0.297 e. The van der Waals surface area contributed by atoms with Crippen molar-refractivity contribution in [2.45, 2.75) is 63.9 Å². The molecule has 1 aromatic carbocycles. The molecule has 154 valence electrons. The molecule has 1 aliphatic carbocycles. The van der Waals surface area contributed by atoms with Gasteiger partial charge in [-0.15, -0.1) is 0 Å². The summed E-state index contributed by atoms with van der Waals surface area (Å²) in [5, 5.41) is 11.2. The van der Waals surface area contributed by atoms with Gasteiger partial charge in [-0.2, -0.15) is 8.42 Å². The third kappa shape index (κ3) is 5.87. The molecule has 0 amide bonds. The minimum atomic E-state index is -3.98. The highest BCUT2D eigenvalue weighted by Crippen LogP contribution is 2.38. The Hall–Kier alpha value is -1.76. The van der Waals surface area contributed by atoms with Gasteiger partial charge in [-0.3, -0.25) is 8.98 Å².